The first-order valence-electron chi connectivity index (χ1n) is 6.91. The number of ether oxygens (including phenoxy) is 1. The molecule has 1 aromatic rings. The van der Waals surface area contributed by atoms with Crippen LogP contribution in [0.2, 0.25) is 0 Å². The van der Waals surface area contributed by atoms with Gasteiger partial charge in [0, 0.05) is 34.8 Å². The van der Waals surface area contributed by atoms with E-state index in [2.05, 4.69) is 25.4 Å². The lowest BCUT2D eigenvalue weighted by molar-refractivity contribution is 0.340. The van der Waals surface area contributed by atoms with E-state index in [9.17, 15) is 0 Å². The van der Waals surface area contributed by atoms with Crippen LogP contribution in [0, 0.1) is 0 Å². The molecule has 0 amide bonds. The molecule has 1 aromatic carbocycles. The van der Waals surface area contributed by atoms with Gasteiger partial charge in [0.15, 0.2) is 0 Å². The number of nitrogens with one attached hydrogen (secondary N) is 1. The van der Waals surface area contributed by atoms with Gasteiger partial charge in [-0.05, 0) is 32.1 Å². The van der Waals surface area contributed by atoms with Crippen LogP contribution in [0.4, 0.5) is 11.4 Å². The number of nitrogens with two attached hydrogens (primary N) is 1. The minimum Gasteiger partial charge on any atom is -0.494 e. The average molecular weight is 282 g/mol. The average Bonchev–Trinajstić information content (AvgIpc) is 2.41. The molecule has 0 fully saturated rings. The minimum absolute atomic E-state index is 0.288. The Kier molecular flexibility index (Phi) is 6.35. The second kappa shape index (κ2) is 7.53. The van der Waals surface area contributed by atoms with Gasteiger partial charge in [-0.2, -0.15) is 11.8 Å². The Labute approximate surface area is 121 Å². The molecule has 0 aromatic heterocycles. The Morgan fingerprint density at radius 3 is 2.42 bits per heavy atom. The molecular weight excluding hydrogens is 256 g/mol. The summed E-state index contributed by atoms with van der Waals surface area (Å²) in [6.07, 6.45) is 4.48. The number of hydrogen-bond donors (Lipinski definition) is 2. The van der Waals surface area contributed by atoms with E-state index in [4.69, 9.17) is 10.5 Å². The minimum atomic E-state index is 0.288. The van der Waals surface area contributed by atoms with Crippen molar-refractivity contribution in [2.24, 2.45) is 0 Å². The van der Waals surface area contributed by atoms with Gasteiger partial charge in [0.2, 0.25) is 0 Å². The molecule has 0 radical (unpaired) electrons. The lowest BCUT2D eigenvalue weighted by Gasteiger charge is -2.30. The van der Waals surface area contributed by atoms with Crippen molar-refractivity contribution < 1.29 is 4.74 Å². The number of thioether (sulfide) groups is 1. The third-order valence-corrected chi connectivity index (χ3v) is 5.16. The fourth-order valence-corrected chi connectivity index (χ4v) is 2.89. The third-order valence-electron chi connectivity index (χ3n) is 3.58. The molecule has 4 heteroatoms. The van der Waals surface area contributed by atoms with Crippen LogP contribution < -0.4 is 15.8 Å². The first-order valence-corrected chi connectivity index (χ1v) is 8.14. The Balaban J connectivity index is 2.76. The first kappa shape index (κ1) is 16.0. The van der Waals surface area contributed by atoms with E-state index in [-0.39, 0.29) is 4.75 Å². The molecule has 0 atom stereocenters. The first-order chi connectivity index (χ1) is 9.09. The summed E-state index contributed by atoms with van der Waals surface area (Å²) in [5.74, 6) is 0.827. The summed E-state index contributed by atoms with van der Waals surface area (Å²) in [4.78, 5) is 0. The van der Waals surface area contributed by atoms with Gasteiger partial charge in [-0.15, -0.1) is 0 Å². The van der Waals surface area contributed by atoms with Crippen molar-refractivity contribution in [3.8, 4) is 5.75 Å². The Morgan fingerprint density at radius 1 is 1.21 bits per heavy atom. The van der Waals surface area contributed by atoms with Crippen molar-refractivity contribution in [2.75, 3.05) is 30.5 Å². The SMILES string of the molecule is CCOc1cc(N)cc(NCC(CC)(CC)SC)c1. The summed E-state index contributed by atoms with van der Waals surface area (Å²) in [6, 6.07) is 5.82. The molecular formula is C15H26N2OS. The van der Waals surface area contributed by atoms with Crippen LogP contribution in [0.5, 0.6) is 5.75 Å². The maximum absolute atomic E-state index is 5.90. The predicted molar refractivity (Wildman–Crippen MR) is 87.3 cm³/mol. The number of nitrogen functional groups attached to an aromatic ring is 1. The van der Waals surface area contributed by atoms with Crippen molar-refractivity contribution in [3.63, 3.8) is 0 Å². The van der Waals surface area contributed by atoms with E-state index in [0.29, 0.717) is 6.61 Å². The van der Waals surface area contributed by atoms with Crippen molar-refractivity contribution >= 4 is 23.1 Å². The molecule has 1 rings (SSSR count). The van der Waals surface area contributed by atoms with Gasteiger partial charge in [-0.25, -0.2) is 0 Å². The highest BCUT2D eigenvalue weighted by Gasteiger charge is 2.24. The standard InChI is InChI=1S/C15H26N2OS/c1-5-15(6-2,19-4)11-17-13-8-12(16)9-14(10-13)18-7-3/h8-10,17H,5-7,11,16H2,1-4H3. The maximum atomic E-state index is 5.90. The molecule has 0 aliphatic rings. The van der Waals surface area contributed by atoms with Crippen LogP contribution in [-0.4, -0.2) is 24.2 Å². The highest BCUT2D eigenvalue weighted by Crippen LogP contribution is 2.31. The molecule has 108 valence electrons. The van der Waals surface area contributed by atoms with Crippen LogP contribution in [0.25, 0.3) is 0 Å². The molecule has 0 saturated carbocycles. The fourth-order valence-electron chi connectivity index (χ4n) is 2.10. The Morgan fingerprint density at radius 2 is 1.89 bits per heavy atom. The van der Waals surface area contributed by atoms with E-state index in [1.165, 1.54) is 0 Å². The highest BCUT2D eigenvalue weighted by atomic mass is 32.2. The number of rotatable bonds is 8. The smallest absolute Gasteiger partial charge is 0.123 e. The topological polar surface area (TPSA) is 47.3 Å². The molecule has 3 nitrogen and oxygen atoms in total. The summed E-state index contributed by atoms with van der Waals surface area (Å²) in [5, 5.41) is 3.50. The molecule has 19 heavy (non-hydrogen) atoms. The van der Waals surface area contributed by atoms with Crippen LogP contribution in [0.3, 0.4) is 0 Å². The van der Waals surface area contributed by atoms with Gasteiger partial charge >= 0.3 is 0 Å². The van der Waals surface area contributed by atoms with Crippen molar-refractivity contribution in [1.29, 1.82) is 0 Å². The number of benzene rings is 1. The quantitative estimate of drug-likeness (QED) is 0.707. The zero-order chi connectivity index (χ0) is 14.3. The summed E-state index contributed by atoms with van der Waals surface area (Å²) in [6.45, 7) is 8.06. The normalized spacial score (nSPS) is 11.4. The van der Waals surface area contributed by atoms with Crippen molar-refractivity contribution in [3.05, 3.63) is 18.2 Å². The molecule has 0 unspecified atom stereocenters. The summed E-state index contributed by atoms with van der Waals surface area (Å²) >= 11 is 1.93. The van der Waals surface area contributed by atoms with E-state index >= 15 is 0 Å². The van der Waals surface area contributed by atoms with E-state index < -0.39 is 0 Å². The second-order valence-corrected chi connectivity index (χ2v) is 5.95. The molecule has 0 aliphatic heterocycles. The van der Waals surface area contributed by atoms with Gasteiger partial charge in [-0.3, -0.25) is 0 Å². The molecule has 0 bridgehead atoms. The van der Waals surface area contributed by atoms with Crippen molar-refractivity contribution in [2.45, 2.75) is 38.4 Å². The van der Waals surface area contributed by atoms with E-state index in [0.717, 1.165) is 36.5 Å². The molecule has 0 saturated heterocycles. The monoisotopic (exact) mass is 282 g/mol. The van der Waals surface area contributed by atoms with Gasteiger partial charge in [0.25, 0.3) is 0 Å². The van der Waals surface area contributed by atoms with Gasteiger partial charge in [0.05, 0.1) is 6.61 Å². The summed E-state index contributed by atoms with van der Waals surface area (Å²) in [5.41, 5.74) is 7.67. The molecule has 0 spiro atoms. The van der Waals surface area contributed by atoms with E-state index in [1.54, 1.807) is 0 Å². The zero-order valence-electron chi connectivity index (χ0n) is 12.5. The van der Waals surface area contributed by atoms with E-state index in [1.807, 2.05) is 36.9 Å². The number of hydrogen-bond acceptors (Lipinski definition) is 4. The fraction of sp³-hybridized carbons (Fsp3) is 0.600. The molecule has 3 N–H and O–H groups in total. The van der Waals surface area contributed by atoms with Crippen LogP contribution in [0.15, 0.2) is 18.2 Å². The van der Waals surface area contributed by atoms with Gasteiger partial charge in [-0.1, -0.05) is 13.8 Å². The lowest BCUT2D eigenvalue weighted by atomic mass is 10.0. The molecule has 0 aliphatic carbocycles. The van der Waals surface area contributed by atoms with Crippen LogP contribution in [0.1, 0.15) is 33.6 Å². The maximum Gasteiger partial charge on any atom is 0.123 e. The second-order valence-electron chi connectivity index (χ2n) is 4.67. The largest absolute Gasteiger partial charge is 0.494 e. The molecule has 0 heterocycles. The van der Waals surface area contributed by atoms with Crippen molar-refractivity contribution in [1.82, 2.24) is 0 Å². The predicted octanol–water partition coefficient (Wildman–Crippen LogP) is 4.00. The summed E-state index contributed by atoms with van der Waals surface area (Å²) in [7, 11) is 0. The Bertz CT molecular complexity index is 383. The lowest BCUT2D eigenvalue weighted by Crippen LogP contribution is -2.32. The van der Waals surface area contributed by atoms with Crippen LogP contribution >= 0.6 is 11.8 Å². The third kappa shape index (κ3) is 4.53. The summed E-state index contributed by atoms with van der Waals surface area (Å²) < 4.78 is 5.80. The zero-order valence-corrected chi connectivity index (χ0v) is 13.3. The van der Waals surface area contributed by atoms with Gasteiger partial charge in [0.1, 0.15) is 5.75 Å². The number of anilines is 2. The van der Waals surface area contributed by atoms with Gasteiger partial charge < -0.3 is 15.8 Å². The highest BCUT2D eigenvalue weighted by molar-refractivity contribution is 8.00. The van der Waals surface area contributed by atoms with Crippen LogP contribution in [-0.2, 0) is 0 Å². The Hall–Kier alpha value is -1.03.